The molecule has 1 aromatic carbocycles. The van der Waals surface area contributed by atoms with E-state index in [0.29, 0.717) is 18.3 Å². The maximum absolute atomic E-state index is 12.9. The number of hydrogen-bond donors (Lipinski definition) is 1. The molecule has 1 aliphatic heterocycles. The minimum Gasteiger partial charge on any atom is -0.468 e. The van der Waals surface area contributed by atoms with Gasteiger partial charge in [-0.2, -0.15) is 0 Å². The molecule has 0 radical (unpaired) electrons. The Hall–Kier alpha value is -1.95. The van der Waals surface area contributed by atoms with Crippen LogP contribution in [0.5, 0.6) is 0 Å². The van der Waals surface area contributed by atoms with Crippen molar-refractivity contribution in [2.45, 2.75) is 18.2 Å². The number of nitrogens with zero attached hydrogens (tertiary/aromatic N) is 1. The summed E-state index contributed by atoms with van der Waals surface area (Å²) in [5.41, 5.74) is 0.886. The second-order valence-corrected chi connectivity index (χ2v) is 6.75. The van der Waals surface area contributed by atoms with Gasteiger partial charge in [-0.3, -0.25) is 0 Å². The van der Waals surface area contributed by atoms with Gasteiger partial charge in [0.1, 0.15) is 11.6 Å². The summed E-state index contributed by atoms with van der Waals surface area (Å²) < 4.78 is 18.3. The second-order valence-electron chi connectivity index (χ2n) is 5.44. The van der Waals surface area contributed by atoms with Crippen molar-refractivity contribution >= 4 is 17.8 Å². The lowest BCUT2D eigenvalue weighted by Crippen LogP contribution is -2.40. The van der Waals surface area contributed by atoms with Crippen molar-refractivity contribution < 1.29 is 13.6 Å². The summed E-state index contributed by atoms with van der Waals surface area (Å²) in [5, 5.41) is 3.20. The molecule has 0 aliphatic carbocycles. The molecule has 2 aromatic rings. The number of urea groups is 1. The maximum atomic E-state index is 12.9. The molecule has 6 heteroatoms. The monoisotopic (exact) mass is 334 g/mol. The number of halogens is 1. The van der Waals surface area contributed by atoms with Gasteiger partial charge in [0.2, 0.25) is 0 Å². The van der Waals surface area contributed by atoms with Gasteiger partial charge in [-0.05, 0) is 36.2 Å². The standard InChI is InChI=1S/C17H19FN2O2S/c18-14-5-3-13(4-6-14)12-19-17(21)20-8-7-16(23-11-9-20)15-2-1-10-22-15/h1-6,10,16H,7-9,11-12H2,(H,19,21)/t16-/m0/s1. The van der Waals surface area contributed by atoms with E-state index in [0.717, 1.165) is 30.0 Å². The molecule has 4 nitrogen and oxygen atoms in total. The van der Waals surface area contributed by atoms with Crippen LogP contribution < -0.4 is 5.32 Å². The normalized spacial score (nSPS) is 18.5. The van der Waals surface area contributed by atoms with Crippen molar-refractivity contribution in [3.05, 3.63) is 59.8 Å². The van der Waals surface area contributed by atoms with E-state index in [-0.39, 0.29) is 11.8 Å². The third kappa shape index (κ3) is 4.28. The van der Waals surface area contributed by atoms with Crippen LogP contribution in [0.3, 0.4) is 0 Å². The topological polar surface area (TPSA) is 45.5 Å². The van der Waals surface area contributed by atoms with Crippen molar-refractivity contribution in [3.63, 3.8) is 0 Å². The Morgan fingerprint density at radius 2 is 2.13 bits per heavy atom. The van der Waals surface area contributed by atoms with Crippen molar-refractivity contribution in [2.75, 3.05) is 18.8 Å². The SMILES string of the molecule is O=C(NCc1ccc(F)cc1)N1CCS[C@H](c2ccco2)CC1. The highest BCUT2D eigenvalue weighted by molar-refractivity contribution is 7.99. The van der Waals surface area contributed by atoms with Gasteiger partial charge in [0, 0.05) is 25.4 Å². The minimum absolute atomic E-state index is 0.0741. The van der Waals surface area contributed by atoms with Crippen LogP contribution in [-0.2, 0) is 6.54 Å². The molecule has 1 aromatic heterocycles. The average Bonchev–Trinajstić information content (AvgIpc) is 2.98. The highest BCUT2D eigenvalue weighted by Crippen LogP contribution is 2.34. The zero-order valence-electron chi connectivity index (χ0n) is 12.7. The number of thioether (sulfide) groups is 1. The van der Waals surface area contributed by atoms with Gasteiger partial charge in [-0.25, -0.2) is 9.18 Å². The molecule has 122 valence electrons. The number of benzene rings is 1. The number of rotatable bonds is 3. The van der Waals surface area contributed by atoms with Crippen LogP contribution in [0.4, 0.5) is 9.18 Å². The molecule has 1 fully saturated rings. The summed E-state index contributed by atoms with van der Waals surface area (Å²) in [6, 6.07) is 9.98. The van der Waals surface area contributed by atoms with Gasteiger partial charge in [0.25, 0.3) is 0 Å². The largest absolute Gasteiger partial charge is 0.468 e. The van der Waals surface area contributed by atoms with Crippen molar-refractivity contribution in [3.8, 4) is 0 Å². The van der Waals surface area contributed by atoms with Gasteiger partial charge in [-0.15, -0.1) is 11.8 Å². The Morgan fingerprint density at radius 3 is 2.87 bits per heavy atom. The molecule has 3 rings (SSSR count). The molecule has 0 spiro atoms. The maximum Gasteiger partial charge on any atom is 0.317 e. The molecule has 1 aliphatic rings. The first-order chi connectivity index (χ1) is 11.2. The highest BCUT2D eigenvalue weighted by atomic mass is 32.2. The van der Waals surface area contributed by atoms with E-state index in [1.807, 2.05) is 28.8 Å². The Bertz CT molecular complexity index is 631. The van der Waals surface area contributed by atoms with Crippen molar-refractivity contribution in [1.29, 1.82) is 0 Å². The molecule has 1 saturated heterocycles. The molecule has 0 unspecified atom stereocenters. The van der Waals surface area contributed by atoms with E-state index in [1.165, 1.54) is 12.1 Å². The molecular formula is C17H19FN2O2S. The highest BCUT2D eigenvalue weighted by Gasteiger charge is 2.23. The Morgan fingerprint density at radius 1 is 1.30 bits per heavy atom. The Kier molecular flexibility index (Phi) is 5.23. The van der Waals surface area contributed by atoms with Crippen LogP contribution in [0.1, 0.15) is 23.0 Å². The molecule has 0 saturated carbocycles. The van der Waals surface area contributed by atoms with Gasteiger partial charge < -0.3 is 14.6 Å². The van der Waals surface area contributed by atoms with Crippen LogP contribution in [0.15, 0.2) is 47.1 Å². The summed E-state index contributed by atoms with van der Waals surface area (Å²) in [6.07, 6.45) is 2.57. The lowest BCUT2D eigenvalue weighted by atomic mass is 10.2. The first kappa shape index (κ1) is 15.9. The fourth-order valence-corrected chi connectivity index (χ4v) is 3.75. The molecule has 0 bridgehead atoms. The summed E-state index contributed by atoms with van der Waals surface area (Å²) in [4.78, 5) is 14.1. The lowest BCUT2D eigenvalue weighted by Gasteiger charge is -2.20. The molecule has 1 N–H and O–H groups in total. The van der Waals surface area contributed by atoms with E-state index in [2.05, 4.69) is 5.32 Å². The first-order valence-electron chi connectivity index (χ1n) is 7.64. The van der Waals surface area contributed by atoms with E-state index >= 15 is 0 Å². The molecule has 23 heavy (non-hydrogen) atoms. The fraction of sp³-hybridized carbons (Fsp3) is 0.353. The van der Waals surface area contributed by atoms with Crippen LogP contribution >= 0.6 is 11.8 Å². The number of amides is 2. The third-order valence-corrected chi connectivity index (χ3v) is 5.13. The molecule has 2 heterocycles. The second kappa shape index (κ2) is 7.55. The number of furan rings is 1. The summed E-state index contributed by atoms with van der Waals surface area (Å²) >= 11 is 1.82. The van der Waals surface area contributed by atoms with Gasteiger partial charge >= 0.3 is 6.03 Å². The number of carbonyl (C=O) groups is 1. The quantitative estimate of drug-likeness (QED) is 0.928. The van der Waals surface area contributed by atoms with Crippen LogP contribution in [-0.4, -0.2) is 29.8 Å². The van der Waals surface area contributed by atoms with Crippen LogP contribution in [0.25, 0.3) is 0 Å². The predicted octanol–water partition coefficient (Wildman–Crippen LogP) is 3.81. The zero-order valence-corrected chi connectivity index (χ0v) is 13.5. The molecule has 2 amide bonds. The third-order valence-electron chi connectivity index (χ3n) is 3.85. The number of carbonyl (C=O) groups excluding carboxylic acids is 1. The molecule has 1 atom stereocenters. The smallest absolute Gasteiger partial charge is 0.317 e. The summed E-state index contributed by atoms with van der Waals surface area (Å²) in [5.74, 6) is 1.59. The number of nitrogens with one attached hydrogen (secondary N) is 1. The first-order valence-corrected chi connectivity index (χ1v) is 8.69. The van der Waals surface area contributed by atoms with Gasteiger partial charge in [0.15, 0.2) is 0 Å². The molecular weight excluding hydrogens is 315 g/mol. The zero-order chi connectivity index (χ0) is 16.1. The summed E-state index contributed by atoms with van der Waals surface area (Å²) in [6.45, 7) is 1.83. The van der Waals surface area contributed by atoms with E-state index in [4.69, 9.17) is 4.42 Å². The van der Waals surface area contributed by atoms with Crippen LogP contribution in [0.2, 0.25) is 0 Å². The van der Waals surface area contributed by atoms with E-state index in [1.54, 1.807) is 18.4 Å². The Balaban J connectivity index is 1.50. The van der Waals surface area contributed by atoms with Gasteiger partial charge in [-0.1, -0.05) is 12.1 Å². The van der Waals surface area contributed by atoms with Crippen molar-refractivity contribution in [1.82, 2.24) is 10.2 Å². The van der Waals surface area contributed by atoms with E-state index in [9.17, 15) is 9.18 Å². The fourth-order valence-electron chi connectivity index (χ4n) is 2.57. The number of hydrogen-bond acceptors (Lipinski definition) is 3. The average molecular weight is 334 g/mol. The van der Waals surface area contributed by atoms with E-state index < -0.39 is 0 Å². The Labute approximate surface area is 139 Å². The van der Waals surface area contributed by atoms with Crippen LogP contribution in [0, 0.1) is 5.82 Å². The van der Waals surface area contributed by atoms with Gasteiger partial charge in [0.05, 0.1) is 11.5 Å². The van der Waals surface area contributed by atoms with Crippen molar-refractivity contribution in [2.24, 2.45) is 0 Å². The predicted molar refractivity (Wildman–Crippen MR) is 88.7 cm³/mol. The summed E-state index contributed by atoms with van der Waals surface area (Å²) in [7, 11) is 0. The lowest BCUT2D eigenvalue weighted by molar-refractivity contribution is 0.200. The minimum atomic E-state index is -0.270.